The number of nitrogens with zero attached hydrogens (tertiary/aromatic N) is 2. The van der Waals surface area contributed by atoms with E-state index < -0.39 is 10.0 Å². The number of aromatic nitrogens is 2. The van der Waals surface area contributed by atoms with Crippen molar-refractivity contribution >= 4 is 20.8 Å². The number of imidazole rings is 1. The van der Waals surface area contributed by atoms with Gasteiger partial charge in [-0.05, 0) is 60.0 Å². The molecule has 0 spiro atoms. The third-order valence-electron chi connectivity index (χ3n) is 6.30. The van der Waals surface area contributed by atoms with Crippen LogP contribution in [-0.2, 0) is 10.0 Å². The van der Waals surface area contributed by atoms with Crippen LogP contribution in [0.15, 0.2) is 90.3 Å². The molecule has 190 valence electrons. The van der Waals surface area contributed by atoms with Crippen LogP contribution in [0.4, 0.5) is 0 Å². The highest BCUT2D eigenvalue weighted by Gasteiger charge is 2.13. The topological polar surface area (TPSA) is 73.2 Å². The molecule has 4 aromatic rings. The zero-order chi connectivity index (χ0) is 25.1. The average molecular weight is 506 g/mol. The van der Waals surface area contributed by atoms with Gasteiger partial charge < -0.3 is 9.30 Å². The van der Waals surface area contributed by atoms with Gasteiger partial charge in [0.2, 0.25) is 10.0 Å². The van der Waals surface area contributed by atoms with Crippen molar-refractivity contribution in [1.82, 2.24) is 14.3 Å². The first-order chi connectivity index (χ1) is 17.6. The maximum absolute atomic E-state index is 12.6. The van der Waals surface area contributed by atoms with E-state index in [1.165, 1.54) is 25.7 Å². The van der Waals surface area contributed by atoms with Crippen LogP contribution < -0.4 is 9.46 Å². The number of fused-ring (bicyclic) bond motifs is 1. The number of unbranched alkanes of at least 4 members (excludes halogenated alkanes) is 7. The molecule has 0 amide bonds. The summed E-state index contributed by atoms with van der Waals surface area (Å²) < 4.78 is 35.7. The molecule has 0 aliphatic heterocycles. The lowest BCUT2D eigenvalue weighted by Gasteiger charge is -2.08. The van der Waals surface area contributed by atoms with Gasteiger partial charge in [0, 0.05) is 24.6 Å². The van der Waals surface area contributed by atoms with Crippen molar-refractivity contribution in [2.75, 3.05) is 13.2 Å². The minimum absolute atomic E-state index is 0.330. The Kier molecular flexibility index (Phi) is 9.53. The molecule has 1 N–H and O–H groups in total. The van der Waals surface area contributed by atoms with E-state index in [-0.39, 0.29) is 0 Å². The van der Waals surface area contributed by atoms with Gasteiger partial charge in [0.1, 0.15) is 5.75 Å². The first kappa shape index (κ1) is 25.9. The quantitative estimate of drug-likeness (QED) is 0.187. The predicted octanol–water partition coefficient (Wildman–Crippen LogP) is 6.50. The molecule has 0 atom stereocenters. The molecule has 7 heteroatoms. The molecule has 36 heavy (non-hydrogen) atoms. The summed E-state index contributed by atoms with van der Waals surface area (Å²) in [7, 11) is -3.46. The van der Waals surface area contributed by atoms with Gasteiger partial charge in [-0.3, -0.25) is 0 Å². The van der Waals surface area contributed by atoms with Gasteiger partial charge in [-0.2, -0.15) is 0 Å². The van der Waals surface area contributed by atoms with Crippen molar-refractivity contribution in [3.8, 4) is 11.4 Å². The minimum Gasteiger partial charge on any atom is -0.494 e. The summed E-state index contributed by atoms with van der Waals surface area (Å²) in [5.74, 6) is 0.898. The zero-order valence-electron chi connectivity index (χ0n) is 20.7. The van der Waals surface area contributed by atoms with Crippen LogP contribution in [0.3, 0.4) is 0 Å². The number of benzene rings is 3. The first-order valence-corrected chi connectivity index (χ1v) is 14.3. The van der Waals surface area contributed by atoms with Crippen molar-refractivity contribution in [2.24, 2.45) is 0 Å². The van der Waals surface area contributed by atoms with E-state index in [4.69, 9.17) is 4.74 Å². The Labute approximate surface area is 214 Å². The summed E-state index contributed by atoms with van der Waals surface area (Å²) in [5.41, 5.74) is 1.07. The van der Waals surface area contributed by atoms with E-state index in [0.29, 0.717) is 11.4 Å². The average Bonchev–Trinajstić information content (AvgIpc) is 3.44. The van der Waals surface area contributed by atoms with Gasteiger partial charge in [0.25, 0.3) is 0 Å². The fourth-order valence-corrected chi connectivity index (χ4v) is 5.34. The molecule has 1 heterocycles. The number of rotatable bonds is 15. The van der Waals surface area contributed by atoms with Crippen LogP contribution in [0.1, 0.15) is 51.4 Å². The van der Waals surface area contributed by atoms with E-state index in [2.05, 4.69) is 9.71 Å². The highest BCUT2D eigenvalue weighted by Crippen LogP contribution is 2.19. The molecule has 0 unspecified atom stereocenters. The predicted molar refractivity (Wildman–Crippen MR) is 145 cm³/mol. The van der Waals surface area contributed by atoms with Crippen molar-refractivity contribution in [3.05, 3.63) is 85.5 Å². The minimum atomic E-state index is -3.46. The van der Waals surface area contributed by atoms with E-state index >= 15 is 0 Å². The molecule has 1 aromatic heterocycles. The van der Waals surface area contributed by atoms with Gasteiger partial charge >= 0.3 is 0 Å². The summed E-state index contributed by atoms with van der Waals surface area (Å²) in [5, 5.41) is 1.98. The molecule has 0 aliphatic rings. The third-order valence-corrected chi connectivity index (χ3v) is 7.76. The lowest BCUT2D eigenvalue weighted by Crippen LogP contribution is -2.24. The summed E-state index contributed by atoms with van der Waals surface area (Å²) in [6.45, 7) is 1.22. The Morgan fingerprint density at radius 3 is 2.19 bits per heavy atom. The highest BCUT2D eigenvalue weighted by atomic mass is 32.2. The fraction of sp³-hybridized carbons (Fsp3) is 0.345. The molecule has 0 saturated heterocycles. The molecular weight excluding hydrogens is 470 g/mol. The van der Waals surface area contributed by atoms with Gasteiger partial charge in [-0.1, -0.05) is 68.9 Å². The Morgan fingerprint density at radius 2 is 1.47 bits per heavy atom. The summed E-state index contributed by atoms with van der Waals surface area (Å²) in [6, 6.07) is 21.1. The smallest absolute Gasteiger partial charge is 0.240 e. The van der Waals surface area contributed by atoms with Crippen molar-refractivity contribution in [3.63, 3.8) is 0 Å². The lowest BCUT2D eigenvalue weighted by atomic mass is 10.1. The van der Waals surface area contributed by atoms with Crippen LogP contribution >= 0.6 is 0 Å². The molecule has 0 radical (unpaired) electrons. The van der Waals surface area contributed by atoms with Gasteiger partial charge in [0.05, 0.1) is 17.8 Å². The number of hydrogen-bond acceptors (Lipinski definition) is 4. The number of nitrogens with one attached hydrogen (secondary N) is 1. The molecule has 6 nitrogen and oxygen atoms in total. The first-order valence-electron chi connectivity index (χ1n) is 12.8. The Hall–Kier alpha value is -3.16. The van der Waals surface area contributed by atoms with Crippen molar-refractivity contribution in [2.45, 2.75) is 56.3 Å². The van der Waals surface area contributed by atoms with E-state index in [9.17, 15) is 8.42 Å². The van der Waals surface area contributed by atoms with Gasteiger partial charge in [-0.25, -0.2) is 18.1 Å². The summed E-state index contributed by atoms with van der Waals surface area (Å²) in [4.78, 5) is 4.39. The highest BCUT2D eigenvalue weighted by molar-refractivity contribution is 7.89. The maximum Gasteiger partial charge on any atom is 0.240 e. The Morgan fingerprint density at radius 1 is 0.778 bits per heavy atom. The van der Waals surface area contributed by atoms with Crippen LogP contribution in [-0.4, -0.2) is 31.1 Å². The van der Waals surface area contributed by atoms with E-state index in [1.807, 2.05) is 65.4 Å². The zero-order valence-corrected chi connectivity index (χ0v) is 21.5. The van der Waals surface area contributed by atoms with Crippen LogP contribution in [0.25, 0.3) is 16.5 Å². The number of ether oxygens (including phenoxy) is 1. The second-order valence-corrected chi connectivity index (χ2v) is 10.8. The SMILES string of the molecule is O=S(=O)(NCCCCCCCCCCOc1ccc(-n2ccnc2)cc1)c1ccc2ccccc2c1. The Bertz CT molecular complexity index is 1300. The maximum atomic E-state index is 12.6. The second-order valence-electron chi connectivity index (χ2n) is 9.05. The molecule has 0 aliphatic carbocycles. The lowest BCUT2D eigenvalue weighted by molar-refractivity contribution is 0.304. The molecule has 4 rings (SSSR count). The van der Waals surface area contributed by atoms with E-state index in [0.717, 1.165) is 54.5 Å². The molecule has 0 bridgehead atoms. The second kappa shape index (κ2) is 13.2. The summed E-state index contributed by atoms with van der Waals surface area (Å²) >= 11 is 0. The molecular formula is C29H35N3O3S. The van der Waals surface area contributed by atoms with Gasteiger partial charge in [-0.15, -0.1) is 0 Å². The molecule has 0 fully saturated rings. The third kappa shape index (κ3) is 7.67. The summed E-state index contributed by atoms with van der Waals surface area (Å²) in [6.07, 6.45) is 14.3. The van der Waals surface area contributed by atoms with Crippen molar-refractivity contribution < 1.29 is 13.2 Å². The fourth-order valence-electron chi connectivity index (χ4n) is 4.23. The van der Waals surface area contributed by atoms with Crippen LogP contribution in [0.2, 0.25) is 0 Å². The number of sulfonamides is 1. The van der Waals surface area contributed by atoms with Crippen molar-refractivity contribution in [1.29, 1.82) is 0 Å². The van der Waals surface area contributed by atoms with Crippen LogP contribution in [0, 0.1) is 0 Å². The monoisotopic (exact) mass is 505 g/mol. The molecule has 0 saturated carbocycles. The van der Waals surface area contributed by atoms with E-state index in [1.54, 1.807) is 24.7 Å². The largest absolute Gasteiger partial charge is 0.494 e. The Balaban J connectivity index is 1.01. The normalized spacial score (nSPS) is 11.7. The van der Waals surface area contributed by atoms with Gasteiger partial charge in [0.15, 0.2) is 0 Å². The van der Waals surface area contributed by atoms with Crippen LogP contribution in [0.5, 0.6) is 5.75 Å². The number of hydrogen-bond donors (Lipinski definition) is 1. The standard InChI is InChI=1S/C29H35N3O3S/c33-36(34,29-18-13-25-11-7-8-12-26(25)23-29)31-19-9-5-3-1-2-4-6-10-22-35-28-16-14-27(15-17-28)32-21-20-30-24-32/h7-8,11-18,20-21,23-24,31H,1-6,9-10,19,22H2. The molecule has 3 aromatic carbocycles.